The van der Waals surface area contributed by atoms with Crippen LogP contribution in [0.15, 0.2) is 105 Å². The van der Waals surface area contributed by atoms with E-state index in [0.29, 0.717) is 63.2 Å². The van der Waals surface area contributed by atoms with Gasteiger partial charge in [-0.2, -0.15) is 45.9 Å². The van der Waals surface area contributed by atoms with E-state index in [1.54, 1.807) is 14.1 Å². The first-order valence-electron chi connectivity index (χ1n) is 24.7. The zero-order valence-electron chi connectivity index (χ0n) is 45.9. The lowest BCUT2D eigenvalue weighted by Gasteiger charge is -2.23. The van der Waals surface area contributed by atoms with Crippen LogP contribution in [0.25, 0.3) is 11.4 Å². The second-order valence-corrected chi connectivity index (χ2v) is 21.4. The molecule has 0 aliphatic carbocycles. The van der Waals surface area contributed by atoms with E-state index in [2.05, 4.69) is 20.8 Å². The van der Waals surface area contributed by atoms with Gasteiger partial charge in [0, 0.05) is 64.5 Å². The molecule has 468 valence electrons. The molecule has 2 heterocycles. The van der Waals surface area contributed by atoms with Crippen molar-refractivity contribution in [2.45, 2.75) is 75.5 Å². The number of nitrogens with one attached hydrogen (secondary N) is 2. The maximum atomic E-state index is 12.6. The molecule has 38 heteroatoms. The van der Waals surface area contributed by atoms with Crippen molar-refractivity contribution in [2.75, 3.05) is 60.7 Å². The minimum absolute atomic E-state index is 0.00521. The third-order valence-electron chi connectivity index (χ3n) is 11.3. The van der Waals surface area contributed by atoms with E-state index in [1.807, 2.05) is 27.7 Å². The molecule has 0 aliphatic heterocycles. The van der Waals surface area contributed by atoms with E-state index >= 15 is 0 Å². The van der Waals surface area contributed by atoms with Crippen LogP contribution in [0.4, 0.5) is 71.8 Å². The maximum Gasteiger partial charge on any atom is 0.416 e. The number of hydrogen-bond donors (Lipinski definition) is 4. The fourth-order valence-corrected chi connectivity index (χ4v) is 9.20. The van der Waals surface area contributed by atoms with Crippen LogP contribution in [-0.4, -0.2) is 96.4 Å². The average Bonchev–Trinajstić information content (AvgIpc) is 1.14. The number of aromatic nitrogens is 4. The average molecular weight is 1300 g/mol. The Kier molecular flexibility index (Phi) is 25.4. The predicted molar refractivity (Wildman–Crippen MR) is 307 cm³/mol. The van der Waals surface area contributed by atoms with Gasteiger partial charge in [0.25, 0.3) is 11.1 Å². The normalized spacial score (nSPS) is 11.3. The highest BCUT2D eigenvalue weighted by molar-refractivity contribution is 7.89. The Morgan fingerprint density at radius 3 is 1.01 bits per heavy atom. The number of benzene rings is 4. The Morgan fingerprint density at radius 1 is 0.535 bits per heavy atom. The zero-order valence-corrected chi connectivity index (χ0v) is 49.1. The summed E-state index contributed by atoms with van der Waals surface area (Å²) in [6, 6.07) is 11.6. The topological polar surface area (TPSA) is 393 Å². The van der Waals surface area contributed by atoms with Crippen LogP contribution in [-0.2, 0) is 32.4 Å². The number of nitro groups is 4. The molecule has 4 aromatic carbocycles. The first-order chi connectivity index (χ1) is 39.9. The van der Waals surface area contributed by atoms with Gasteiger partial charge in [0.15, 0.2) is 11.4 Å². The van der Waals surface area contributed by atoms with E-state index in [0.717, 1.165) is 57.9 Å². The van der Waals surface area contributed by atoms with Crippen molar-refractivity contribution in [3.8, 4) is 11.4 Å². The Balaban J connectivity index is 0.000000301. The summed E-state index contributed by atoms with van der Waals surface area (Å²) in [6.07, 6.45) is -3.98. The summed E-state index contributed by atoms with van der Waals surface area (Å²) in [7, 11) is -5.51. The van der Waals surface area contributed by atoms with Crippen molar-refractivity contribution in [3.63, 3.8) is 0 Å². The molecule has 6 aromatic rings. The molecule has 28 nitrogen and oxygen atoms in total. The summed E-state index contributed by atoms with van der Waals surface area (Å²) in [5, 5.41) is 67.8. The van der Waals surface area contributed by atoms with Gasteiger partial charge in [-0.1, -0.05) is 63.0 Å². The number of nitrogens with two attached hydrogens (primary N) is 2. The van der Waals surface area contributed by atoms with E-state index < -0.39 is 107 Å². The number of hydrogen-bond acceptors (Lipinski definition) is 20. The molecular formula is C48H54Cl2F6N14O14S2. The molecule has 86 heavy (non-hydrogen) atoms. The molecule has 0 saturated carbocycles. The van der Waals surface area contributed by atoms with Crippen LogP contribution >= 0.6 is 23.2 Å². The van der Waals surface area contributed by atoms with Gasteiger partial charge in [-0.15, -0.1) is 0 Å². The molecule has 6 N–H and O–H groups in total. The molecule has 0 atom stereocenters. The molecule has 0 aliphatic rings. The molecule has 0 radical (unpaired) electrons. The van der Waals surface area contributed by atoms with E-state index in [1.165, 1.54) is 46.5 Å². The lowest BCUT2D eigenvalue weighted by molar-refractivity contribution is -0.393. The standard InChI is InChI=1S/2C12H9ClF3N3O.2C12H18N4O6S/c2*1-17-9-6-18-19(11(20)10(9)13)8-4-2-3-7(5-8)12(14,15)16;2*1-3-5-14(6-4-2)12-10(15(17)18)7-9(23(13,21)22)8-11(12)16(19)20/h2*2-6,17H,1H3;2*7-8H,3-6H2,1-2H3,(H2,13,21,22). The first-order valence-corrected chi connectivity index (χ1v) is 28.6. The number of alkyl halides is 6. The number of rotatable bonds is 20. The summed E-state index contributed by atoms with van der Waals surface area (Å²) >= 11 is 11.6. The molecule has 0 bridgehead atoms. The Labute approximate surface area is 494 Å². The van der Waals surface area contributed by atoms with Crippen LogP contribution < -0.4 is 41.8 Å². The van der Waals surface area contributed by atoms with Crippen molar-refractivity contribution in [3.05, 3.63) is 168 Å². The van der Waals surface area contributed by atoms with E-state index in [4.69, 9.17) is 33.5 Å². The number of halogens is 8. The summed E-state index contributed by atoms with van der Waals surface area (Å²) < 4.78 is 123. The van der Waals surface area contributed by atoms with Gasteiger partial charge in [-0.3, -0.25) is 50.0 Å². The van der Waals surface area contributed by atoms with Gasteiger partial charge in [0.2, 0.25) is 20.0 Å². The molecular weight excluding hydrogens is 1250 g/mol. The summed E-state index contributed by atoms with van der Waals surface area (Å²) in [5.74, 6) is 0. The number of primary sulfonamides is 2. The number of nitrogens with zero attached hydrogens (tertiary/aromatic N) is 10. The van der Waals surface area contributed by atoms with Gasteiger partial charge < -0.3 is 20.4 Å². The smallest absolute Gasteiger partial charge is 0.385 e. The van der Waals surface area contributed by atoms with Crippen LogP contribution in [0, 0.1) is 40.5 Å². The molecule has 0 unspecified atom stereocenters. The quantitative estimate of drug-likeness (QED) is 0.0314. The molecule has 0 amide bonds. The SMILES string of the molecule is CCCN(CCC)c1c([N+](=O)[O-])cc(S(N)(=O)=O)cc1[N+](=O)[O-].CCCN(CCC)c1c([N+](=O)[O-])cc(S(N)(=O)=O)cc1[N+](=O)[O-].CNc1cnn(-c2cccc(C(F)(F)F)c2)c(=O)c1Cl.CNc1cnn(-c2cccc(C(F)(F)F)c2)c(=O)c1Cl. The maximum absolute atomic E-state index is 12.6. The third kappa shape index (κ3) is 18.7. The molecule has 0 fully saturated rings. The minimum atomic E-state index is -4.49. The monoisotopic (exact) mass is 1300 g/mol. The second-order valence-electron chi connectivity index (χ2n) is 17.5. The van der Waals surface area contributed by atoms with Gasteiger partial charge >= 0.3 is 35.1 Å². The first kappa shape index (κ1) is 71.7. The van der Waals surface area contributed by atoms with E-state index in [-0.39, 0.29) is 32.8 Å². The van der Waals surface area contributed by atoms with Gasteiger partial charge in [-0.25, -0.2) is 27.1 Å². The Bertz CT molecular complexity index is 3500. The molecule has 0 saturated heterocycles. The molecule has 2 aromatic heterocycles. The Hall–Kier alpha value is -8.58. The van der Waals surface area contributed by atoms with E-state index in [9.17, 15) is 93.2 Å². The van der Waals surface area contributed by atoms with Crippen LogP contribution in [0.5, 0.6) is 0 Å². The predicted octanol–water partition coefficient (Wildman–Crippen LogP) is 9.45. The summed E-state index contributed by atoms with van der Waals surface area (Å²) in [5.41, 5.74) is -5.51. The largest absolute Gasteiger partial charge is 0.416 e. The summed E-state index contributed by atoms with van der Waals surface area (Å²) in [6.45, 7) is 8.79. The second kappa shape index (κ2) is 30.5. The Morgan fingerprint density at radius 2 is 0.802 bits per heavy atom. The highest BCUT2D eigenvalue weighted by atomic mass is 35.5. The number of sulfonamides is 2. The number of nitro benzene ring substituents is 4. The number of anilines is 4. The highest BCUT2D eigenvalue weighted by Crippen LogP contribution is 2.42. The molecule has 0 spiro atoms. The zero-order chi connectivity index (χ0) is 65.4. The fourth-order valence-electron chi connectivity index (χ4n) is 7.65. The minimum Gasteiger partial charge on any atom is -0.385 e. The summed E-state index contributed by atoms with van der Waals surface area (Å²) in [4.78, 5) is 67.5. The highest BCUT2D eigenvalue weighted by Gasteiger charge is 2.35. The van der Waals surface area contributed by atoms with Gasteiger partial charge in [-0.05, 0) is 62.1 Å². The van der Waals surface area contributed by atoms with Crippen molar-refractivity contribution >= 4 is 88.7 Å². The van der Waals surface area contributed by atoms with Crippen LogP contribution in [0.1, 0.15) is 64.5 Å². The van der Waals surface area contributed by atoms with Crippen molar-refractivity contribution < 1.29 is 62.9 Å². The van der Waals surface area contributed by atoms with Crippen molar-refractivity contribution in [1.82, 2.24) is 19.6 Å². The van der Waals surface area contributed by atoms with Crippen molar-refractivity contribution in [1.29, 1.82) is 0 Å². The van der Waals surface area contributed by atoms with Gasteiger partial charge in [0.05, 0.1) is 75.8 Å². The lowest BCUT2D eigenvalue weighted by atomic mass is 10.2. The molecule has 6 rings (SSSR count). The van der Waals surface area contributed by atoms with Crippen LogP contribution in [0.2, 0.25) is 10.0 Å². The third-order valence-corrected chi connectivity index (χ3v) is 13.9. The van der Waals surface area contributed by atoms with Gasteiger partial charge in [0.1, 0.15) is 10.0 Å². The van der Waals surface area contributed by atoms with Crippen LogP contribution in [0.3, 0.4) is 0 Å². The lowest BCUT2D eigenvalue weighted by Crippen LogP contribution is -2.27. The fraction of sp³-hybridized carbons (Fsp3) is 0.333. The van der Waals surface area contributed by atoms with Crippen molar-refractivity contribution in [2.24, 2.45) is 10.3 Å².